The van der Waals surface area contributed by atoms with Crippen LogP contribution in [0.25, 0.3) is 11.0 Å². The number of carbonyl (C=O) groups excluding carboxylic acids is 1. The normalized spacial score (nSPS) is 16.8. The molecule has 0 spiro atoms. The lowest BCUT2D eigenvalue weighted by Gasteiger charge is -2.19. The van der Waals surface area contributed by atoms with Crippen molar-refractivity contribution >= 4 is 47.5 Å². The number of rotatable bonds is 5. The van der Waals surface area contributed by atoms with Crippen LogP contribution in [0.5, 0.6) is 0 Å². The number of thioether (sulfide) groups is 2. The molecule has 1 fully saturated rings. The Morgan fingerprint density at radius 1 is 1.36 bits per heavy atom. The maximum absolute atomic E-state index is 12.2. The molecule has 0 bridgehead atoms. The molecule has 1 atom stereocenters. The first-order valence-corrected chi connectivity index (χ1v) is 9.10. The summed E-state index contributed by atoms with van der Waals surface area (Å²) < 4.78 is 5.29. The molecule has 1 amide bonds. The van der Waals surface area contributed by atoms with Crippen molar-refractivity contribution in [3.63, 3.8) is 0 Å². The van der Waals surface area contributed by atoms with E-state index in [4.69, 9.17) is 4.42 Å². The Balaban J connectivity index is 1.72. The summed E-state index contributed by atoms with van der Waals surface area (Å²) in [6, 6.07) is 7.55. The van der Waals surface area contributed by atoms with E-state index in [0.717, 1.165) is 28.0 Å². The van der Waals surface area contributed by atoms with Gasteiger partial charge < -0.3 is 19.8 Å². The average Bonchev–Trinajstić information content (AvgIpc) is 3.16. The molecule has 0 saturated carbocycles. The van der Waals surface area contributed by atoms with Gasteiger partial charge in [-0.1, -0.05) is 18.2 Å². The summed E-state index contributed by atoms with van der Waals surface area (Å²) in [5.74, 6) is 0.983. The van der Waals surface area contributed by atoms with Crippen LogP contribution >= 0.6 is 23.5 Å². The largest absolute Gasteiger partial charge is 0.475 e. The number of para-hydroxylation sites is 1. The highest BCUT2D eigenvalue weighted by Gasteiger charge is 2.31. The maximum Gasteiger partial charge on any atom is 0.475 e. The van der Waals surface area contributed by atoms with Gasteiger partial charge in [-0.05, 0) is 18.1 Å². The van der Waals surface area contributed by atoms with Gasteiger partial charge in [0, 0.05) is 16.9 Å². The number of carbonyl (C=O) groups is 1. The SMILES string of the molecule is O=C(NC(Cc1coc2ccccc12)B(O)O)C1SCCS1. The first kappa shape index (κ1) is 15.8. The monoisotopic (exact) mass is 337 g/mol. The molecule has 1 aromatic heterocycles. The molecule has 0 radical (unpaired) electrons. The summed E-state index contributed by atoms with van der Waals surface area (Å²) in [7, 11) is -1.62. The minimum Gasteiger partial charge on any atom is -0.464 e. The van der Waals surface area contributed by atoms with Gasteiger partial charge >= 0.3 is 7.12 Å². The Hall–Kier alpha value is -1.09. The summed E-state index contributed by atoms with van der Waals surface area (Å²) in [6.07, 6.45) is 1.91. The van der Waals surface area contributed by atoms with Gasteiger partial charge in [-0.3, -0.25) is 4.79 Å². The standard InChI is InChI=1S/C14H16BNO4S2/c17-13(14-21-5-6-22-14)16-12(15(18)19)7-9-8-20-11-4-2-1-3-10(9)11/h1-4,8,12,14,18-19H,5-7H2,(H,16,17). The first-order valence-electron chi connectivity index (χ1n) is 7.00. The molecule has 116 valence electrons. The van der Waals surface area contributed by atoms with Crippen LogP contribution < -0.4 is 5.32 Å². The molecule has 2 aromatic rings. The van der Waals surface area contributed by atoms with Crippen molar-refractivity contribution < 1.29 is 19.3 Å². The third-order valence-electron chi connectivity index (χ3n) is 3.52. The van der Waals surface area contributed by atoms with Crippen molar-refractivity contribution in [2.75, 3.05) is 11.5 Å². The molecule has 1 saturated heterocycles. The lowest BCUT2D eigenvalue weighted by Crippen LogP contribution is -2.49. The molecule has 1 aliphatic rings. The van der Waals surface area contributed by atoms with Gasteiger partial charge in [0.1, 0.15) is 10.2 Å². The molecule has 1 aliphatic heterocycles. The van der Waals surface area contributed by atoms with E-state index in [1.165, 1.54) is 0 Å². The van der Waals surface area contributed by atoms with Crippen LogP contribution in [0, 0.1) is 0 Å². The van der Waals surface area contributed by atoms with Crippen LogP contribution in [0.3, 0.4) is 0 Å². The number of nitrogens with one attached hydrogen (secondary N) is 1. The van der Waals surface area contributed by atoms with Crippen molar-refractivity contribution in [3.8, 4) is 0 Å². The van der Waals surface area contributed by atoms with E-state index in [1.807, 2.05) is 24.3 Å². The van der Waals surface area contributed by atoms with Gasteiger partial charge in [-0.25, -0.2) is 0 Å². The van der Waals surface area contributed by atoms with Crippen LogP contribution in [0.4, 0.5) is 0 Å². The molecule has 5 nitrogen and oxygen atoms in total. The summed E-state index contributed by atoms with van der Waals surface area (Å²) >= 11 is 3.17. The Labute approximate surface area is 137 Å². The van der Waals surface area contributed by atoms with E-state index >= 15 is 0 Å². The number of hydrogen-bond acceptors (Lipinski definition) is 6. The third-order valence-corrected chi connectivity index (χ3v) is 6.51. The lowest BCUT2D eigenvalue weighted by atomic mass is 9.76. The number of amides is 1. The predicted octanol–water partition coefficient (Wildman–Crippen LogP) is 1.28. The number of furan rings is 1. The molecular formula is C14H16BNO4S2. The van der Waals surface area contributed by atoms with Gasteiger partial charge in [0.25, 0.3) is 0 Å². The Kier molecular flexibility index (Phi) is 5.02. The van der Waals surface area contributed by atoms with Crippen LogP contribution in [-0.2, 0) is 11.2 Å². The van der Waals surface area contributed by atoms with Crippen LogP contribution in [-0.4, -0.2) is 45.1 Å². The van der Waals surface area contributed by atoms with E-state index in [9.17, 15) is 14.8 Å². The van der Waals surface area contributed by atoms with Crippen molar-refractivity contribution in [1.82, 2.24) is 5.32 Å². The fourth-order valence-electron chi connectivity index (χ4n) is 2.42. The molecule has 3 N–H and O–H groups in total. The maximum atomic E-state index is 12.2. The Bertz CT molecular complexity index is 657. The summed E-state index contributed by atoms with van der Waals surface area (Å²) in [5, 5.41) is 22.8. The number of hydrogen-bond donors (Lipinski definition) is 3. The molecule has 0 aliphatic carbocycles. The van der Waals surface area contributed by atoms with Crippen molar-refractivity contribution in [3.05, 3.63) is 36.1 Å². The summed E-state index contributed by atoms with van der Waals surface area (Å²) in [4.78, 5) is 12.2. The molecule has 1 unspecified atom stereocenters. The van der Waals surface area contributed by atoms with Gasteiger partial charge in [0.15, 0.2) is 0 Å². The minimum absolute atomic E-state index is 0.154. The zero-order valence-corrected chi connectivity index (χ0v) is 13.4. The second kappa shape index (κ2) is 7.00. The minimum atomic E-state index is -1.62. The molecule has 2 heterocycles. The van der Waals surface area contributed by atoms with Crippen LogP contribution in [0.15, 0.2) is 34.9 Å². The van der Waals surface area contributed by atoms with E-state index in [1.54, 1.807) is 29.8 Å². The Morgan fingerprint density at radius 3 is 2.82 bits per heavy atom. The number of benzene rings is 1. The average molecular weight is 337 g/mol. The fourth-order valence-corrected chi connectivity index (χ4v) is 5.02. The van der Waals surface area contributed by atoms with E-state index in [-0.39, 0.29) is 10.5 Å². The quantitative estimate of drug-likeness (QED) is 0.713. The fraction of sp³-hybridized carbons (Fsp3) is 0.357. The second-order valence-corrected chi connectivity index (χ2v) is 7.79. The summed E-state index contributed by atoms with van der Waals surface area (Å²) in [6.45, 7) is 0. The molecular weight excluding hydrogens is 321 g/mol. The van der Waals surface area contributed by atoms with Gasteiger partial charge in [-0.15, -0.1) is 23.5 Å². The predicted molar refractivity (Wildman–Crippen MR) is 90.7 cm³/mol. The highest BCUT2D eigenvalue weighted by molar-refractivity contribution is 8.21. The highest BCUT2D eigenvalue weighted by atomic mass is 32.2. The van der Waals surface area contributed by atoms with Gasteiger partial charge in [-0.2, -0.15) is 0 Å². The van der Waals surface area contributed by atoms with Crippen molar-refractivity contribution in [2.45, 2.75) is 16.9 Å². The molecule has 1 aromatic carbocycles. The molecule has 8 heteroatoms. The second-order valence-electron chi connectivity index (χ2n) is 5.06. The first-order chi connectivity index (χ1) is 10.6. The zero-order valence-electron chi connectivity index (χ0n) is 11.8. The number of fused-ring (bicyclic) bond motifs is 1. The van der Waals surface area contributed by atoms with Crippen molar-refractivity contribution in [2.24, 2.45) is 0 Å². The highest BCUT2D eigenvalue weighted by Crippen LogP contribution is 2.32. The van der Waals surface area contributed by atoms with Gasteiger partial charge in [0.2, 0.25) is 5.91 Å². The molecule has 22 heavy (non-hydrogen) atoms. The Morgan fingerprint density at radius 2 is 2.09 bits per heavy atom. The topological polar surface area (TPSA) is 82.7 Å². The van der Waals surface area contributed by atoms with Gasteiger partial charge in [0.05, 0.1) is 12.2 Å². The van der Waals surface area contributed by atoms with E-state index in [0.29, 0.717) is 6.42 Å². The van der Waals surface area contributed by atoms with Crippen LogP contribution in [0.1, 0.15) is 5.56 Å². The third kappa shape index (κ3) is 3.46. The van der Waals surface area contributed by atoms with E-state index in [2.05, 4.69) is 5.32 Å². The lowest BCUT2D eigenvalue weighted by molar-refractivity contribution is -0.119. The van der Waals surface area contributed by atoms with Crippen LogP contribution in [0.2, 0.25) is 0 Å². The van der Waals surface area contributed by atoms with E-state index < -0.39 is 13.1 Å². The summed E-state index contributed by atoms with van der Waals surface area (Å²) in [5.41, 5.74) is 1.60. The smallest absolute Gasteiger partial charge is 0.464 e. The molecule has 3 rings (SSSR count). The zero-order chi connectivity index (χ0) is 15.5. The van der Waals surface area contributed by atoms with Crippen molar-refractivity contribution in [1.29, 1.82) is 0 Å².